The molecule has 6 aromatic rings. The number of nitrogens with two attached hydrogens (primary N) is 1. The zero-order chi connectivity index (χ0) is 42.8. The van der Waals surface area contributed by atoms with E-state index in [4.69, 9.17) is 5.73 Å². The summed E-state index contributed by atoms with van der Waals surface area (Å²) in [5, 5.41) is 25.5. The van der Waals surface area contributed by atoms with E-state index in [1.807, 2.05) is 36.5 Å². The van der Waals surface area contributed by atoms with Gasteiger partial charge in [0.15, 0.2) is 0 Å². The molecule has 3 aliphatic heterocycles. The Balaban J connectivity index is 0.000000172. The van der Waals surface area contributed by atoms with E-state index in [0.29, 0.717) is 40.0 Å². The Hall–Kier alpha value is -7.76. The normalized spacial score (nSPS) is 15.0. The first-order valence-corrected chi connectivity index (χ1v) is 20.6. The summed E-state index contributed by atoms with van der Waals surface area (Å²) in [4.78, 5) is 51.6. The van der Waals surface area contributed by atoms with Crippen LogP contribution < -0.4 is 31.1 Å². The number of primary amides is 1. The van der Waals surface area contributed by atoms with Crippen LogP contribution in [0.2, 0.25) is 0 Å². The Kier molecular flexibility index (Phi) is 12.6. The average Bonchev–Trinajstić information content (AvgIpc) is 4.06. The van der Waals surface area contributed by atoms with Crippen molar-refractivity contribution in [3.05, 3.63) is 108 Å². The lowest BCUT2D eigenvalue weighted by atomic mass is 10.1. The predicted molar refractivity (Wildman–Crippen MR) is 238 cm³/mol. The van der Waals surface area contributed by atoms with Gasteiger partial charge in [-0.1, -0.05) is 0 Å². The van der Waals surface area contributed by atoms with Gasteiger partial charge in [-0.15, -0.1) is 0 Å². The fourth-order valence-electron chi connectivity index (χ4n) is 7.54. The van der Waals surface area contributed by atoms with Crippen molar-refractivity contribution in [3.63, 3.8) is 0 Å². The average molecular weight is 827 g/mol. The molecule has 4 N–H and O–H groups in total. The van der Waals surface area contributed by atoms with Crippen LogP contribution in [0.1, 0.15) is 47.2 Å². The highest BCUT2D eigenvalue weighted by molar-refractivity contribution is 5.93. The molecule has 0 radical (unpaired) electrons. The SMILES string of the molecule is CN1CCN(c2ccc(Nc3nccc(-c4cnc(N5CCCC5)c(C#N)c4)n3)cn2)CC1.N#Cc1cc(-c2ccnc(Nc3ccc(C(N)=O)cc3)n2)cnc1N1CCCC1. The van der Waals surface area contributed by atoms with E-state index in [2.05, 4.69) is 84.3 Å². The highest BCUT2D eigenvalue weighted by Gasteiger charge is 2.20. The first-order valence-electron chi connectivity index (χ1n) is 20.6. The number of benzene rings is 1. The van der Waals surface area contributed by atoms with E-state index in [-0.39, 0.29) is 0 Å². The quantitative estimate of drug-likeness (QED) is 0.150. The molecule has 8 heterocycles. The smallest absolute Gasteiger partial charge is 0.248 e. The summed E-state index contributed by atoms with van der Waals surface area (Å²) in [6, 6.07) is 22.6. The number of anilines is 7. The van der Waals surface area contributed by atoms with Gasteiger partial charge in [0.2, 0.25) is 17.8 Å². The van der Waals surface area contributed by atoms with Crippen molar-refractivity contribution >= 4 is 46.6 Å². The van der Waals surface area contributed by atoms with Gasteiger partial charge in [-0.25, -0.2) is 34.9 Å². The number of likely N-dealkylation sites (N-methyl/N-ethyl adjacent to an activating group) is 1. The van der Waals surface area contributed by atoms with Crippen LogP contribution >= 0.6 is 0 Å². The fourth-order valence-corrected chi connectivity index (χ4v) is 7.54. The molecule has 62 heavy (non-hydrogen) atoms. The molecule has 17 heteroatoms. The van der Waals surface area contributed by atoms with E-state index in [9.17, 15) is 15.3 Å². The van der Waals surface area contributed by atoms with E-state index < -0.39 is 5.91 Å². The molecule has 0 bridgehead atoms. The van der Waals surface area contributed by atoms with E-state index in [0.717, 1.165) is 118 Å². The minimum atomic E-state index is -0.479. The molecule has 9 rings (SSSR count). The lowest BCUT2D eigenvalue weighted by molar-refractivity contribution is 0.100. The van der Waals surface area contributed by atoms with E-state index in [1.165, 1.54) is 0 Å². The maximum Gasteiger partial charge on any atom is 0.248 e. The third-order valence-electron chi connectivity index (χ3n) is 10.9. The number of aromatic nitrogens is 7. The number of carbonyl (C=O) groups excluding carboxylic acids is 1. The highest BCUT2D eigenvalue weighted by Crippen LogP contribution is 2.29. The summed E-state index contributed by atoms with van der Waals surface area (Å²) >= 11 is 0. The molecule has 5 aromatic heterocycles. The lowest BCUT2D eigenvalue weighted by Crippen LogP contribution is -2.44. The first-order chi connectivity index (χ1) is 30.3. The predicted octanol–water partition coefficient (Wildman–Crippen LogP) is 5.75. The topological polar surface area (TPSA) is 218 Å². The van der Waals surface area contributed by atoms with Gasteiger partial charge in [0.05, 0.1) is 34.4 Å². The van der Waals surface area contributed by atoms with Gasteiger partial charge >= 0.3 is 0 Å². The molecular formula is C45H46N16O. The summed E-state index contributed by atoms with van der Waals surface area (Å²) in [5.41, 5.74) is 11.3. The number of piperazine rings is 1. The fraction of sp³-hybridized carbons (Fsp3) is 0.289. The largest absolute Gasteiger partial charge is 0.366 e. The van der Waals surface area contributed by atoms with Crippen molar-refractivity contribution in [2.45, 2.75) is 25.7 Å². The summed E-state index contributed by atoms with van der Waals surface area (Å²) < 4.78 is 0. The molecule has 0 spiro atoms. The van der Waals surface area contributed by atoms with E-state index >= 15 is 0 Å². The standard InChI is InChI=1S/C24H27N9.C21H19N7O/c1-31-10-12-32(13-11-31)22-5-4-20(17-27-22)29-24-26-7-6-21(30-24)19-14-18(15-25)23(28-16-19)33-8-2-3-9-33;22-12-15-11-16(13-25-20(15)28-9-1-2-10-28)18-7-8-24-21(27-18)26-17-5-3-14(4-6-17)19(23)29/h4-7,14,16-17H,2-3,8-13H2,1H3,(H,26,29,30);3-8,11,13H,1-2,9-10H2,(H2,23,29)(H,24,26,27). The Morgan fingerprint density at radius 3 is 1.56 bits per heavy atom. The van der Waals surface area contributed by atoms with Gasteiger partial charge in [-0.2, -0.15) is 10.5 Å². The van der Waals surface area contributed by atoms with Crippen molar-refractivity contribution in [2.75, 3.05) is 84.7 Å². The molecule has 0 unspecified atom stereocenters. The number of nitrogens with zero attached hydrogens (tertiary/aromatic N) is 13. The number of nitriles is 2. The van der Waals surface area contributed by atoms with Crippen molar-refractivity contribution in [1.29, 1.82) is 10.5 Å². The molecule has 312 valence electrons. The van der Waals surface area contributed by atoms with Gasteiger partial charge in [0.1, 0.15) is 29.6 Å². The van der Waals surface area contributed by atoms with Gasteiger partial charge in [-0.3, -0.25) is 4.79 Å². The second-order valence-corrected chi connectivity index (χ2v) is 15.2. The molecule has 0 aliphatic carbocycles. The van der Waals surface area contributed by atoms with Crippen LogP contribution in [0, 0.1) is 22.7 Å². The lowest BCUT2D eigenvalue weighted by Gasteiger charge is -2.33. The second kappa shape index (κ2) is 19.1. The number of nitrogens with one attached hydrogen (secondary N) is 2. The van der Waals surface area contributed by atoms with Crippen molar-refractivity contribution in [2.24, 2.45) is 5.73 Å². The second-order valence-electron chi connectivity index (χ2n) is 15.2. The highest BCUT2D eigenvalue weighted by atomic mass is 16.1. The van der Waals surface area contributed by atoms with Gasteiger partial charge < -0.3 is 36.0 Å². The van der Waals surface area contributed by atoms with Crippen LogP contribution in [0.5, 0.6) is 0 Å². The first kappa shape index (κ1) is 41.0. The Morgan fingerprint density at radius 2 is 1.10 bits per heavy atom. The van der Waals surface area contributed by atoms with Crippen LogP contribution in [0.15, 0.2) is 91.6 Å². The summed E-state index contributed by atoms with van der Waals surface area (Å²) in [7, 11) is 2.14. The zero-order valence-electron chi connectivity index (χ0n) is 34.4. The molecule has 3 aliphatic rings. The van der Waals surface area contributed by atoms with E-state index in [1.54, 1.807) is 55.1 Å². The number of hydrogen-bond acceptors (Lipinski definition) is 16. The summed E-state index contributed by atoms with van der Waals surface area (Å²) in [6.07, 6.45) is 13.2. The van der Waals surface area contributed by atoms with Crippen LogP contribution in [0.3, 0.4) is 0 Å². The third kappa shape index (κ3) is 9.81. The molecular weight excluding hydrogens is 781 g/mol. The maximum absolute atomic E-state index is 11.2. The van der Waals surface area contributed by atoms with Crippen molar-refractivity contribution < 1.29 is 4.79 Å². The zero-order valence-corrected chi connectivity index (χ0v) is 34.4. The van der Waals surface area contributed by atoms with Gasteiger partial charge in [0.25, 0.3) is 0 Å². The van der Waals surface area contributed by atoms with Crippen LogP contribution in [-0.2, 0) is 0 Å². The number of amides is 1. The number of pyridine rings is 3. The summed E-state index contributed by atoms with van der Waals surface area (Å²) in [5.74, 6) is 2.87. The minimum absolute atomic E-state index is 0.399. The molecule has 1 amide bonds. The maximum atomic E-state index is 11.2. The molecule has 3 fully saturated rings. The number of hydrogen-bond donors (Lipinski definition) is 3. The molecule has 1 aromatic carbocycles. The van der Waals surface area contributed by atoms with Crippen molar-refractivity contribution in [1.82, 2.24) is 39.8 Å². The van der Waals surface area contributed by atoms with Gasteiger partial charge in [-0.05, 0) is 93.4 Å². The molecule has 3 saturated heterocycles. The number of rotatable bonds is 10. The van der Waals surface area contributed by atoms with Crippen LogP contribution in [0.4, 0.5) is 40.7 Å². The Labute approximate surface area is 360 Å². The number of carbonyl (C=O) groups is 1. The van der Waals surface area contributed by atoms with Crippen molar-refractivity contribution in [3.8, 4) is 34.7 Å². The third-order valence-corrected chi connectivity index (χ3v) is 10.9. The minimum Gasteiger partial charge on any atom is -0.366 e. The summed E-state index contributed by atoms with van der Waals surface area (Å²) in [6.45, 7) is 7.81. The molecule has 0 saturated carbocycles. The Morgan fingerprint density at radius 1 is 0.597 bits per heavy atom. The molecule has 0 atom stereocenters. The Bertz CT molecular complexity index is 2590. The molecule has 17 nitrogen and oxygen atoms in total. The van der Waals surface area contributed by atoms with Gasteiger partial charge in [0, 0.05) is 99.5 Å². The monoisotopic (exact) mass is 826 g/mol. The van der Waals surface area contributed by atoms with Crippen LogP contribution in [-0.4, -0.2) is 105 Å². The van der Waals surface area contributed by atoms with Crippen LogP contribution in [0.25, 0.3) is 22.5 Å².